The predicted octanol–water partition coefficient (Wildman–Crippen LogP) is 9.14. The van der Waals surface area contributed by atoms with E-state index in [0.29, 0.717) is 17.5 Å². The molecule has 0 atom stereocenters. The van der Waals surface area contributed by atoms with E-state index >= 15 is 0 Å². The molecule has 0 bridgehead atoms. The molecule has 8 aromatic rings. The van der Waals surface area contributed by atoms with E-state index in [-0.39, 0.29) is 0 Å². The summed E-state index contributed by atoms with van der Waals surface area (Å²) >= 11 is 1.81. The minimum atomic E-state index is 0.626. The topological polar surface area (TPSA) is 51.8 Å². The lowest BCUT2D eigenvalue weighted by molar-refractivity contribution is 0.669. The Morgan fingerprint density at radius 3 is 2.05 bits per heavy atom. The number of aromatic nitrogens is 3. The highest BCUT2D eigenvalue weighted by Crippen LogP contribution is 2.38. The smallest absolute Gasteiger partial charge is 0.164 e. The van der Waals surface area contributed by atoms with Crippen LogP contribution in [0.2, 0.25) is 0 Å². The van der Waals surface area contributed by atoms with E-state index in [4.69, 9.17) is 19.4 Å². The highest BCUT2D eigenvalue weighted by atomic mass is 32.1. The van der Waals surface area contributed by atoms with E-state index in [0.717, 1.165) is 38.6 Å². The zero-order valence-electron chi connectivity index (χ0n) is 20.1. The van der Waals surface area contributed by atoms with Crippen LogP contribution in [-0.4, -0.2) is 15.0 Å². The number of furan rings is 1. The minimum Gasteiger partial charge on any atom is -0.456 e. The Bertz CT molecular complexity index is 2140. The van der Waals surface area contributed by atoms with E-state index < -0.39 is 0 Å². The van der Waals surface area contributed by atoms with Gasteiger partial charge in [-0.1, -0.05) is 78.9 Å². The number of rotatable bonds is 3. The van der Waals surface area contributed by atoms with Gasteiger partial charge < -0.3 is 4.42 Å². The van der Waals surface area contributed by atoms with Gasteiger partial charge in [0.05, 0.1) is 0 Å². The van der Waals surface area contributed by atoms with Gasteiger partial charge >= 0.3 is 0 Å². The summed E-state index contributed by atoms with van der Waals surface area (Å²) in [7, 11) is 0. The molecule has 5 aromatic carbocycles. The summed E-state index contributed by atoms with van der Waals surface area (Å²) in [5, 5.41) is 4.53. The third-order valence-electron chi connectivity index (χ3n) is 6.95. The summed E-state index contributed by atoms with van der Waals surface area (Å²) in [6.45, 7) is 0. The number of para-hydroxylation sites is 1. The summed E-state index contributed by atoms with van der Waals surface area (Å²) in [6.07, 6.45) is 0. The lowest BCUT2D eigenvalue weighted by Gasteiger charge is -2.09. The summed E-state index contributed by atoms with van der Waals surface area (Å²) in [4.78, 5) is 15.0. The molecule has 0 N–H and O–H groups in total. The molecule has 0 amide bonds. The molecule has 0 saturated heterocycles. The number of fused-ring (bicyclic) bond motifs is 6. The molecule has 3 aromatic heterocycles. The Labute approximate surface area is 221 Å². The van der Waals surface area contributed by atoms with Crippen molar-refractivity contribution in [3.8, 4) is 34.2 Å². The van der Waals surface area contributed by atoms with Crippen molar-refractivity contribution >= 4 is 53.4 Å². The lowest BCUT2D eigenvalue weighted by Crippen LogP contribution is -2.00. The maximum atomic E-state index is 6.15. The van der Waals surface area contributed by atoms with Gasteiger partial charge in [-0.2, -0.15) is 0 Å². The van der Waals surface area contributed by atoms with Crippen LogP contribution in [0.25, 0.3) is 76.3 Å². The Balaban J connectivity index is 1.40. The van der Waals surface area contributed by atoms with Gasteiger partial charge in [-0.25, -0.2) is 15.0 Å². The molecule has 0 aliphatic carbocycles. The summed E-state index contributed by atoms with van der Waals surface area (Å²) < 4.78 is 8.68. The third-order valence-corrected chi connectivity index (χ3v) is 8.10. The van der Waals surface area contributed by atoms with Crippen LogP contribution in [-0.2, 0) is 0 Å². The van der Waals surface area contributed by atoms with Crippen LogP contribution in [0.4, 0.5) is 0 Å². The molecule has 0 fully saturated rings. The van der Waals surface area contributed by atoms with Crippen LogP contribution in [0.1, 0.15) is 0 Å². The van der Waals surface area contributed by atoms with E-state index in [1.54, 1.807) is 11.3 Å². The third kappa shape index (κ3) is 3.33. The summed E-state index contributed by atoms with van der Waals surface area (Å²) in [6, 6.07) is 39.2. The molecule has 0 unspecified atom stereocenters. The Morgan fingerprint density at radius 1 is 0.474 bits per heavy atom. The van der Waals surface area contributed by atoms with Crippen molar-refractivity contribution in [1.82, 2.24) is 15.0 Å². The van der Waals surface area contributed by atoms with Gasteiger partial charge in [0.1, 0.15) is 11.2 Å². The quantitative estimate of drug-likeness (QED) is 0.240. The first kappa shape index (κ1) is 21.2. The molecule has 0 saturated carbocycles. The molecule has 0 aliphatic heterocycles. The molecule has 0 aliphatic rings. The highest BCUT2D eigenvalue weighted by molar-refractivity contribution is 7.25. The van der Waals surface area contributed by atoms with Crippen LogP contribution < -0.4 is 0 Å². The van der Waals surface area contributed by atoms with Crippen molar-refractivity contribution in [1.29, 1.82) is 0 Å². The fraction of sp³-hybridized carbons (Fsp3) is 0. The molecule has 5 heteroatoms. The molecule has 0 radical (unpaired) electrons. The molecule has 0 spiro atoms. The molecule has 38 heavy (non-hydrogen) atoms. The van der Waals surface area contributed by atoms with Crippen LogP contribution in [0, 0.1) is 0 Å². The average molecular weight is 506 g/mol. The molecule has 178 valence electrons. The second-order valence-corrected chi connectivity index (χ2v) is 10.3. The monoisotopic (exact) mass is 505 g/mol. The molecule has 4 nitrogen and oxygen atoms in total. The van der Waals surface area contributed by atoms with Gasteiger partial charge in [0.2, 0.25) is 0 Å². The SMILES string of the molecule is c1ccc(-c2nc(-c3ccc4sc5ccccc5c4c3)nc(-c3cccc4oc5ccccc5c34)n2)cc1. The summed E-state index contributed by atoms with van der Waals surface area (Å²) in [5.41, 5.74) is 4.51. The first-order valence-electron chi connectivity index (χ1n) is 12.5. The second-order valence-electron chi connectivity index (χ2n) is 9.26. The largest absolute Gasteiger partial charge is 0.456 e. The van der Waals surface area contributed by atoms with Crippen molar-refractivity contribution in [2.75, 3.05) is 0 Å². The van der Waals surface area contributed by atoms with E-state index in [1.807, 2.05) is 60.7 Å². The Kier molecular flexibility index (Phi) is 4.66. The maximum absolute atomic E-state index is 6.15. The molecule has 3 heterocycles. The van der Waals surface area contributed by atoms with Gasteiger partial charge in [-0.05, 0) is 36.4 Å². The van der Waals surface area contributed by atoms with Crippen molar-refractivity contribution in [3.05, 3.63) is 115 Å². The lowest BCUT2D eigenvalue weighted by atomic mass is 10.1. The zero-order chi connectivity index (χ0) is 25.1. The van der Waals surface area contributed by atoms with E-state index in [1.165, 1.54) is 20.2 Å². The minimum absolute atomic E-state index is 0.626. The van der Waals surface area contributed by atoms with Gasteiger partial charge in [0, 0.05) is 47.6 Å². The Morgan fingerprint density at radius 2 is 1.16 bits per heavy atom. The van der Waals surface area contributed by atoms with E-state index in [2.05, 4.69) is 54.6 Å². The number of hydrogen-bond acceptors (Lipinski definition) is 5. The van der Waals surface area contributed by atoms with Crippen molar-refractivity contribution in [3.63, 3.8) is 0 Å². The Hall–Kier alpha value is -4.87. The highest BCUT2D eigenvalue weighted by Gasteiger charge is 2.18. The normalized spacial score (nSPS) is 11.7. The van der Waals surface area contributed by atoms with Crippen molar-refractivity contribution in [2.45, 2.75) is 0 Å². The van der Waals surface area contributed by atoms with E-state index in [9.17, 15) is 0 Å². The van der Waals surface area contributed by atoms with Crippen LogP contribution in [0.5, 0.6) is 0 Å². The van der Waals surface area contributed by atoms with Gasteiger partial charge in [0.25, 0.3) is 0 Å². The standard InChI is InChI=1S/C33H19N3OS/c1-2-9-20(10-3-1)31-34-32(21-17-18-29-25(19-21)22-11-5-7-16-28(22)38-29)36-33(35-31)24-13-8-15-27-30(24)23-12-4-6-14-26(23)37-27/h1-19H. The van der Waals surface area contributed by atoms with Crippen LogP contribution in [0.15, 0.2) is 120 Å². The number of thiophene rings is 1. The fourth-order valence-corrected chi connectivity index (χ4v) is 6.25. The maximum Gasteiger partial charge on any atom is 0.164 e. The van der Waals surface area contributed by atoms with Crippen molar-refractivity contribution in [2.24, 2.45) is 0 Å². The van der Waals surface area contributed by atoms with Gasteiger partial charge in [0.15, 0.2) is 17.5 Å². The average Bonchev–Trinajstić information content (AvgIpc) is 3.55. The predicted molar refractivity (Wildman–Crippen MR) is 156 cm³/mol. The fourth-order valence-electron chi connectivity index (χ4n) is 5.17. The van der Waals surface area contributed by atoms with Crippen molar-refractivity contribution < 1.29 is 4.42 Å². The second kappa shape index (κ2) is 8.33. The number of benzene rings is 5. The first-order chi connectivity index (χ1) is 18.8. The van der Waals surface area contributed by atoms with Gasteiger partial charge in [-0.15, -0.1) is 11.3 Å². The molecular weight excluding hydrogens is 486 g/mol. The van der Waals surface area contributed by atoms with Crippen LogP contribution >= 0.6 is 11.3 Å². The van der Waals surface area contributed by atoms with Crippen LogP contribution in [0.3, 0.4) is 0 Å². The molecular formula is C33H19N3OS. The number of hydrogen-bond donors (Lipinski definition) is 0. The molecule has 8 rings (SSSR count). The summed E-state index contributed by atoms with van der Waals surface area (Å²) in [5.74, 6) is 1.92. The number of nitrogens with zero attached hydrogens (tertiary/aromatic N) is 3. The first-order valence-corrected chi connectivity index (χ1v) is 13.3. The van der Waals surface area contributed by atoms with Gasteiger partial charge in [-0.3, -0.25) is 0 Å². The zero-order valence-corrected chi connectivity index (χ0v) is 20.9.